The number of aromatic nitrogens is 2. The Morgan fingerprint density at radius 1 is 0.929 bits per heavy atom. The van der Waals surface area contributed by atoms with E-state index in [2.05, 4.69) is 33.4 Å². The predicted octanol–water partition coefficient (Wildman–Crippen LogP) is 4.90. The van der Waals surface area contributed by atoms with Gasteiger partial charge in [0, 0.05) is 5.69 Å². The fourth-order valence-electron chi connectivity index (χ4n) is 3.04. The molecular formula is C22H20N4OS. The van der Waals surface area contributed by atoms with E-state index in [0.717, 1.165) is 22.5 Å². The molecule has 0 spiro atoms. The number of imidazole rings is 1. The van der Waals surface area contributed by atoms with Crippen molar-refractivity contribution in [3.05, 3.63) is 84.4 Å². The van der Waals surface area contributed by atoms with Gasteiger partial charge in [-0.05, 0) is 54.2 Å². The number of rotatable bonds is 5. The number of thiocarbonyl (C=S) groups is 1. The molecule has 0 radical (unpaired) electrons. The minimum absolute atomic E-state index is 0.481. The van der Waals surface area contributed by atoms with E-state index < -0.39 is 0 Å². The molecule has 5 nitrogen and oxygen atoms in total. The van der Waals surface area contributed by atoms with Gasteiger partial charge in [0.1, 0.15) is 5.75 Å². The van der Waals surface area contributed by atoms with Crippen molar-refractivity contribution in [2.45, 2.75) is 6.54 Å². The molecule has 1 heterocycles. The maximum Gasteiger partial charge on any atom is 0.210 e. The summed E-state index contributed by atoms with van der Waals surface area (Å²) in [6, 6.07) is 26.0. The topological polar surface area (TPSA) is 51.1 Å². The van der Waals surface area contributed by atoms with E-state index in [4.69, 9.17) is 21.9 Å². The monoisotopic (exact) mass is 388 g/mol. The van der Waals surface area contributed by atoms with Crippen LogP contribution in [0.2, 0.25) is 0 Å². The van der Waals surface area contributed by atoms with Gasteiger partial charge in [0.2, 0.25) is 5.95 Å². The molecule has 0 fully saturated rings. The van der Waals surface area contributed by atoms with Crippen LogP contribution in [0.15, 0.2) is 78.9 Å². The van der Waals surface area contributed by atoms with E-state index in [9.17, 15) is 0 Å². The number of nitrogens with one attached hydrogen (secondary N) is 2. The number of nitrogens with zero attached hydrogens (tertiary/aromatic N) is 2. The zero-order chi connectivity index (χ0) is 19.3. The summed E-state index contributed by atoms with van der Waals surface area (Å²) in [4.78, 5) is 4.72. The maximum atomic E-state index is 5.50. The summed E-state index contributed by atoms with van der Waals surface area (Å²) in [7, 11) is 1.64. The van der Waals surface area contributed by atoms with Crippen molar-refractivity contribution < 1.29 is 4.74 Å². The predicted molar refractivity (Wildman–Crippen MR) is 118 cm³/mol. The zero-order valence-electron chi connectivity index (χ0n) is 15.4. The second kappa shape index (κ2) is 8.10. The van der Waals surface area contributed by atoms with Crippen LogP contribution < -0.4 is 15.4 Å². The van der Waals surface area contributed by atoms with E-state index in [1.807, 2.05) is 60.7 Å². The number of anilines is 2. The summed E-state index contributed by atoms with van der Waals surface area (Å²) in [5.74, 6) is 1.50. The van der Waals surface area contributed by atoms with Crippen LogP contribution in [0.25, 0.3) is 11.0 Å². The van der Waals surface area contributed by atoms with Crippen LogP contribution in [0.1, 0.15) is 5.56 Å². The van der Waals surface area contributed by atoms with Crippen LogP contribution in [0.5, 0.6) is 5.75 Å². The van der Waals surface area contributed by atoms with Crippen molar-refractivity contribution in [1.29, 1.82) is 0 Å². The lowest BCUT2D eigenvalue weighted by molar-refractivity contribution is 0.415. The van der Waals surface area contributed by atoms with Gasteiger partial charge in [-0.15, -0.1) is 0 Å². The van der Waals surface area contributed by atoms with Crippen LogP contribution in [0, 0.1) is 0 Å². The number of hydrogen-bond donors (Lipinski definition) is 2. The Hall–Kier alpha value is -3.38. The van der Waals surface area contributed by atoms with E-state index >= 15 is 0 Å². The van der Waals surface area contributed by atoms with Gasteiger partial charge in [0.15, 0.2) is 5.11 Å². The lowest BCUT2D eigenvalue weighted by Gasteiger charge is -2.13. The van der Waals surface area contributed by atoms with Gasteiger partial charge in [-0.2, -0.15) is 0 Å². The van der Waals surface area contributed by atoms with E-state index in [1.54, 1.807) is 7.11 Å². The highest BCUT2D eigenvalue weighted by molar-refractivity contribution is 7.80. The first kappa shape index (κ1) is 18.0. The lowest BCUT2D eigenvalue weighted by Crippen LogP contribution is -2.21. The smallest absolute Gasteiger partial charge is 0.210 e. The Balaban J connectivity index is 1.58. The average Bonchev–Trinajstić information content (AvgIpc) is 3.06. The lowest BCUT2D eigenvalue weighted by atomic mass is 10.2. The number of benzene rings is 3. The molecule has 0 saturated heterocycles. The minimum atomic E-state index is 0.481. The van der Waals surface area contributed by atoms with Crippen LogP contribution in [0.3, 0.4) is 0 Å². The van der Waals surface area contributed by atoms with Crippen molar-refractivity contribution >= 4 is 40.0 Å². The van der Waals surface area contributed by atoms with E-state index in [-0.39, 0.29) is 0 Å². The SMILES string of the molecule is COc1ccc(NC(=S)Nc2nc3ccccc3n2Cc2ccccc2)cc1. The number of para-hydroxylation sites is 2. The van der Waals surface area contributed by atoms with E-state index in [0.29, 0.717) is 17.6 Å². The highest BCUT2D eigenvalue weighted by Crippen LogP contribution is 2.22. The summed E-state index contributed by atoms with van der Waals surface area (Å²) in [5, 5.41) is 6.91. The number of hydrogen-bond acceptors (Lipinski definition) is 3. The number of fused-ring (bicyclic) bond motifs is 1. The normalized spacial score (nSPS) is 10.6. The molecule has 6 heteroatoms. The highest BCUT2D eigenvalue weighted by Gasteiger charge is 2.12. The molecule has 0 bridgehead atoms. The summed E-state index contributed by atoms with van der Waals surface area (Å²) in [6.07, 6.45) is 0. The van der Waals surface area contributed by atoms with Gasteiger partial charge >= 0.3 is 0 Å². The van der Waals surface area contributed by atoms with Gasteiger partial charge in [0.25, 0.3) is 0 Å². The number of methoxy groups -OCH3 is 1. The molecule has 28 heavy (non-hydrogen) atoms. The third-order valence-corrected chi connectivity index (χ3v) is 4.62. The van der Waals surface area contributed by atoms with Gasteiger partial charge in [-0.25, -0.2) is 4.98 Å². The molecule has 140 valence electrons. The average molecular weight is 388 g/mol. The first-order chi connectivity index (χ1) is 13.7. The second-order valence-corrected chi connectivity index (χ2v) is 6.71. The number of ether oxygens (including phenoxy) is 1. The molecule has 1 aromatic heterocycles. The van der Waals surface area contributed by atoms with Crippen LogP contribution >= 0.6 is 12.2 Å². The van der Waals surface area contributed by atoms with Crippen molar-refractivity contribution in [2.24, 2.45) is 0 Å². The largest absolute Gasteiger partial charge is 0.497 e. The first-order valence-corrected chi connectivity index (χ1v) is 9.35. The summed E-state index contributed by atoms with van der Waals surface area (Å²) in [5.41, 5.74) is 4.06. The van der Waals surface area contributed by atoms with Crippen LogP contribution in [0.4, 0.5) is 11.6 Å². The zero-order valence-corrected chi connectivity index (χ0v) is 16.2. The van der Waals surface area contributed by atoms with Crippen molar-refractivity contribution in [3.63, 3.8) is 0 Å². The molecule has 2 N–H and O–H groups in total. The fourth-order valence-corrected chi connectivity index (χ4v) is 3.24. The quantitative estimate of drug-likeness (QED) is 0.476. The van der Waals surface area contributed by atoms with Gasteiger partial charge in [-0.1, -0.05) is 42.5 Å². The summed E-state index contributed by atoms with van der Waals surface area (Å²) < 4.78 is 7.32. The molecule has 3 aromatic carbocycles. The molecule has 0 saturated carbocycles. The van der Waals surface area contributed by atoms with Crippen molar-refractivity contribution in [2.75, 3.05) is 17.7 Å². The van der Waals surface area contributed by atoms with Crippen molar-refractivity contribution in [1.82, 2.24) is 9.55 Å². The third-order valence-electron chi connectivity index (χ3n) is 4.41. The first-order valence-electron chi connectivity index (χ1n) is 8.94. The third kappa shape index (κ3) is 3.97. The molecule has 4 aromatic rings. The fraction of sp³-hybridized carbons (Fsp3) is 0.0909. The van der Waals surface area contributed by atoms with Crippen LogP contribution in [-0.4, -0.2) is 21.8 Å². The molecule has 0 aliphatic rings. The standard InChI is InChI=1S/C22H20N4OS/c1-27-18-13-11-17(12-14-18)23-22(28)25-21-24-19-9-5-6-10-20(19)26(21)15-16-7-3-2-4-8-16/h2-14H,15H2,1H3,(H2,23,24,25,28). The van der Waals surface area contributed by atoms with Gasteiger partial charge in [0.05, 0.1) is 24.7 Å². The second-order valence-electron chi connectivity index (χ2n) is 6.30. The Kier molecular flexibility index (Phi) is 5.21. The molecule has 0 unspecified atom stereocenters. The Morgan fingerprint density at radius 3 is 2.39 bits per heavy atom. The summed E-state index contributed by atoms with van der Waals surface area (Å²) in [6.45, 7) is 0.703. The Bertz CT molecular complexity index is 1090. The molecule has 0 aliphatic carbocycles. The highest BCUT2D eigenvalue weighted by atomic mass is 32.1. The molecular weight excluding hydrogens is 368 g/mol. The summed E-state index contributed by atoms with van der Waals surface area (Å²) >= 11 is 5.50. The van der Waals surface area contributed by atoms with Gasteiger partial charge in [-0.3, -0.25) is 0 Å². The van der Waals surface area contributed by atoms with Crippen molar-refractivity contribution in [3.8, 4) is 5.75 Å². The molecule has 0 aliphatic heterocycles. The van der Waals surface area contributed by atoms with Crippen LogP contribution in [-0.2, 0) is 6.54 Å². The molecule has 0 atom stereocenters. The van der Waals surface area contributed by atoms with E-state index in [1.165, 1.54) is 5.56 Å². The Morgan fingerprint density at radius 2 is 1.64 bits per heavy atom. The molecule has 4 rings (SSSR count). The van der Waals surface area contributed by atoms with Gasteiger partial charge < -0.3 is 19.9 Å². The maximum absolute atomic E-state index is 5.50. The minimum Gasteiger partial charge on any atom is -0.497 e. The molecule has 0 amide bonds. The Labute approximate surface area is 169 Å².